The second-order valence-electron chi connectivity index (χ2n) is 2.61. The van der Waals surface area contributed by atoms with Crippen LogP contribution in [-0.2, 0) is 11.2 Å². The molecule has 4 heteroatoms. The molecule has 0 aliphatic heterocycles. The molecule has 0 fully saturated rings. The van der Waals surface area contributed by atoms with Gasteiger partial charge in [-0.3, -0.25) is 4.79 Å². The average molecular weight is 221 g/mol. The van der Waals surface area contributed by atoms with Gasteiger partial charge in [-0.05, 0) is 29.3 Å². The highest BCUT2D eigenvalue weighted by Crippen LogP contribution is 2.14. The minimum Gasteiger partial charge on any atom is -0.278 e. The van der Waals surface area contributed by atoms with E-state index in [9.17, 15) is 9.18 Å². The molecule has 1 atom stereocenters. The van der Waals surface area contributed by atoms with Gasteiger partial charge in [-0.25, -0.2) is 4.39 Å². The molecule has 0 radical (unpaired) electrons. The van der Waals surface area contributed by atoms with Crippen molar-refractivity contribution in [2.45, 2.75) is 12.6 Å². The maximum absolute atomic E-state index is 12.8. The van der Waals surface area contributed by atoms with Crippen LogP contribution in [0.3, 0.4) is 0 Å². The van der Waals surface area contributed by atoms with Crippen LogP contribution in [0.25, 0.3) is 0 Å². The summed E-state index contributed by atoms with van der Waals surface area (Å²) in [5, 5.41) is -0.452. The molecular formula is C9H7Cl2FO. The first-order valence-corrected chi connectivity index (χ1v) is 4.43. The van der Waals surface area contributed by atoms with Gasteiger partial charge in [0, 0.05) is 11.4 Å². The van der Waals surface area contributed by atoms with Crippen LogP contribution in [0.1, 0.15) is 5.56 Å². The summed E-state index contributed by atoms with van der Waals surface area (Å²) in [5.41, 5.74) is 0.661. The predicted molar refractivity (Wildman–Crippen MR) is 50.9 cm³/mol. The Morgan fingerprint density at radius 1 is 1.54 bits per heavy atom. The molecule has 1 rings (SSSR count). The van der Waals surface area contributed by atoms with Crippen LogP contribution in [0.15, 0.2) is 24.3 Å². The van der Waals surface area contributed by atoms with Gasteiger partial charge in [0.2, 0.25) is 0 Å². The van der Waals surface area contributed by atoms with Crippen LogP contribution in [-0.4, -0.2) is 11.4 Å². The lowest BCUT2D eigenvalue weighted by Gasteiger charge is -2.02. The number of hydrogen-bond donors (Lipinski definition) is 0. The van der Waals surface area contributed by atoms with E-state index in [2.05, 4.69) is 0 Å². The standard InChI is InChI=1S/C9H7Cl2FO/c10-7-3-1-2-6(4-7)5-8(12)9(11)13/h1-4,8H,5H2. The highest BCUT2D eigenvalue weighted by molar-refractivity contribution is 6.64. The summed E-state index contributed by atoms with van der Waals surface area (Å²) in [4.78, 5) is 10.4. The van der Waals surface area contributed by atoms with Crippen molar-refractivity contribution in [1.82, 2.24) is 0 Å². The van der Waals surface area contributed by atoms with Crippen molar-refractivity contribution < 1.29 is 9.18 Å². The first-order valence-electron chi connectivity index (χ1n) is 3.67. The molecule has 13 heavy (non-hydrogen) atoms. The zero-order valence-corrected chi connectivity index (χ0v) is 8.15. The minimum absolute atomic E-state index is 0.0249. The molecule has 0 aromatic heterocycles. The second-order valence-corrected chi connectivity index (χ2v) is 3.41. The van der Waals surface area contributed by atoms with Crippen LogP contribution < -0.4 is 0 Å². The fraction of sp³-hybridized carbons (Fsp3) is 0.222. The van der Waals surface area contributed by atoms with Crippen molar-refractivity contribution in [3.63, 3.8) is 0 Å². The third kappa shape index (κ3) is 3.33. The lowest BCUT2D eigenvalue weighted by Crippen LogP contribution is -2.12. The first kappa shape index (κ1) is 10.5. The Labute approximate surface area is 85.5 Å². The Kier molecular flexibility index (Phi) is 3.70. The monoisotopic (exact) mass is 220 g/mol. The van der Waals surface area contributed by atoms with E-state index in [4.69, 9.17) is 23.2 Å². The lowest BCUT2D eigenvalue weighted by molar-refractivity contribution is -0.115. The van der Waals surface area contributed by atoms with Gasteiger partial charge in [0.15, 0.2) is 6.17 Å². The number of carbonyl (C=O) groups is 1. The summed E-state index contributed by atoms with van der Waals surface area (Å²) in [7, 11) is 0. The van der Waals surface area contributed by atoms with Gasteiger partial charge in [0.1, 0.15) is 0 Å². The van der Waals surface area contributed by atoms with Crippen LogP contribution in [0.4, 0.5) is 4.39 Å². The summed E-state index contributed by atoms with van der Waals surface area (Å²) < 4.78 is 12.8. The third-order valence-electron chi connectivity index (χ3n) is 1.55. The van der Waals surface area contributed by atoms with Crippen LogP contribution in [0.5, 0.6) is 0 Å². The SMILES string of the molecule is O=C(Cl)C(F)Cc1cccc(Cl)c1. The van der Waals surface area contributed by atoms with E-state index < -0.39 is 11.4 Å². The maximum Gasteiger partial charge on any atom is 0.256 e. The Balaban J connectivity index is 2.69. The van der Waals surface area contributed by atoms with Crippen LogP contribution >= 0.6 is 23.2 Å². The van der Waals surface area contributed by atoms with Crippen molar-refractivity contribution >= 4 is 28.4 Å². The van der Waals surface area contributed by atoms with E-state index in [1.54, 1.807) is 24.3 Å². The van der Waals surface area contributed by atoms with Crippen molar-refractivity contribution in [3.05, 3.63) is 34.9 Å². The van der Waals surface area contributed by atoms with Gasteiger partial charge in [0.25, 0.3) is 5.24 Å². The molecule has 0 saturated carbocycles. The van der Waals surface area contributed by atoms with Gasteiger partial charge in [0.05, 0.1) is 0 Å². The molecule has 1 unspecified atom stereocenters. The predicted octanol–water partition coefficient (Wildman–Crippen LogP) is 2.99. The number of hydrogen-bond acceptors (Lipinski definition) is 1. The third-order valence-corrected chi connectivity index (χ3v) is 2.02. The smallest absolute Gasteiger partial charge is 0.256 e. The number of benzene rings is 1. The first-order chi connectivity index (χ1) is 6.09. The summed E-state index contributed by atoms with van der Waals surface area (Å²) in [6.45, 7) is 0. The van der Waals surface area contributed by atoms with E-state index in [-0.39, 0.29) is 6.42 Å². The van der Waals surface area contributed by atoms with Gasteiger partial charge >= 0.3 is 0 Å². The molecule has 1 aromatic carbocycles. The van der Waals surface area contributed by atoms with E-state index in [1.165, 1.54) is 0 Å². The van der Waals surface area contributed by atoms with Crippen LogP contribution in [0.2, 0.25) is 5.02 Å². The van der Waals surface area contributed by atoms with Crippen molar-refractivity contribution in [1.29, 1.82) is 0 Å². The molecular weight excluding hydrogens is 214 g/mol. The summed E-state index contributed by atoms with van der Waals surface area (Å²) in [5.74, 6) is 0. The minimum atomic E-state index is -1.65. The molecule has 0 aliphatic rings. The van der Waals surface area contributed by atoms with Gasteiger partial charge in [-0.15, -0.1) is 0 Å². The van der Waals surface area contributed by atoms with Gasteiger partial charge in [-0.1, -0.05) is 23.7 Å². The number of alkyl halides is 1. The number of rotatable bonds is 3. The lowest BCUT2D eigenvalue weighted by atomic mass is 10.1. The zero-order valence-electron chi connectivity index (χ0n) is 6.64. The Bertz CT molecular complexity index is 314. The molecule has 0 bridgehead atoms. The topological polar surface area (TPSA) is 17.1 Å². The largest absolute Gasteiger partial charge is 0.278 e. The van der Waals surface area contributed by atoms with E-state index in [1.807, 2.05) is 0 Å². The fourth-order valence-corrected chi connectivity index (χ4v) is 1.24. The second kappa shape index (κ2) is 4.58. The maximum atomic E-state index is 12.8. The molecule has 0 aliphatic carbocycles. The highest BCUT2D eigenvalue weighted by atomic mass is 35.5. The summed E-state index contributed by atoms with van der Waals surface area (Å²) in [6.07, 6.45) is -1.68. The number of carbonyl (C=O) groups excluding carboxylic acids is 1. The molecule has 0 heterocycles. The zero-order chi connectivity index (χ0) is 9.84. The highest BCUT2D eigenvalue weighted by Gasteiger charge is 2.14. The molecule has 1 aromatic rings. The summed E-state index contributed by atoms with van der Waals surface area (Å²) in [6, 6.07) is 6.68. The fourth-order valence-electron chi connectivity index (χ4n) is 0.951. The Morgan fingerprint density at radius 2 is 2.23 bits per heavy atom. The van der Waals surface area contributed by atoms with E-state index in [0.717, 1.165) is 0 Å². The van der Waals surface area contributed by atoms with Crippen molar-refractivity contribution in [3.8, 4) is 0 Å². The molecule has 1 nitrogen and oxygen atoms in total. The Hall–Kier alpha value is -0.600. The molecule has 0 spiro atoms. The molecule has 0 saturated heterocycles. The van der Waals surface area contributed by atoms with Crippen LogP contribution in [0, 0.1) is 0 Å². The summed E-state index contributed by atoms with van der Waals surface area (Å²) >= 11 is 10.6. The normalized spacial score (nSPS) is 12.5. The van der Waals surface area contributed by atoms with Crippen molar-refractivity contribution in [2.24, 2.45) is 0 Å². The molecule has 70 valence electrons. The van der Waals surface area contributed by atoms with E-state index in [0.29, 0.717) is 10.6 Å². The van der Waals surface area contributed by atoms with Crippen molar-refractivity contribution in [2.75, 3.05) is 0 Å². The molecule has 0 amide bonds. The molecule has 0 N–H and O–H groups in total. The average Bonchev–Trinajstić information content (AvgIpc) is 2.04. The van der Waals surface area contributed by atoms with E-state index >= 15 is 0 Å². The number of halogens is 3. The van der Waals surface area contributed by atoms with Gasteiger partial charge in [-0.2, -0.15) is 0 Å². The quantitative estimate of drug-likeness (QED) is 0.717. The van der Waals surface area contributed by atoms with Gasteiger partial charge < -0.3 is 0 Å². The Morgan fingerprint density at radius 3 is 2.77 bits per heavy atom.